The zero-order valence-electron chi connectivity index (χ0n) is 12.4. The Balaban J connectivity index is 1.76. The van der Waals surface area contributed by atoms with E-state index in [1.807, 2.05) is 37.3 Å². The van der Waals surface area contributed by atoms with Gasteiger partial charge >= 0.3 is 5.97 Å². The zero-order valence-corrected chi connectivity index (χ0v) is 12.4. The molecule has 0 spiro atoms. The quantitative estimate of drug-likeness (QED) is 0.645. The number of hydrogen-bond acceptors (Lipinski definition) is 4. The first kappa shape index (κ1) is 15.8. The summed E-state index contributed by atoms with van der Waals surface area (Å²) in [5.41, 5.74) is -0.943. The molecule has 5 heteroatoms. The lowest BCUT2D eigenvalue weighted by atomic mass is 9.94. The molecule has 1 aliphatic rings. The van der Waals surface area contributed by atoms with Gasteiger partial charge in [-0.1, -0.05) is 25.1 Å². The first-order chi connectivity index (χ1) is 10.2. The van der Waals surface area contributed by atoms with E-state index in [2.05, 4.69) is 5.32 Å². The minimum atomic E-state index is -0.943. The summed E-state index contributed by atoms with van der Waals surface area (Å²) < 4.78 is 11.1. The van der Waals surface area contributed by atoms with Gasteiger partial charge in [0.2, 0.25) is 0 Å². The van der Waals surface area contributed by atoms with Crippen LogP contribution in [0, 0.1) is 5.92 Å². The summed E-state index contributed by atoms with van der Waals surface area (Å²) in [4.78, 5) is 11.6. The van der Waals surface area contributed by atoms with E-state index in [4.69, 9.17) is 9.47 Å². The van der Waals surface area contributed by atoms with E-state index in [-0.39, 0.29) is 12.5 Å². The molecular formula is C16H23NO4. The van der Waals surface area contributed by atoms with Gasteiger partial charge in [0, 0.05) is 0 Å². The average molecular weight is 293 g/mol. The monoisotopic (exact) mass is 293 g/mol. The van der Waals surface area contributed by atoms with E-state index >= 15 is 0 Å². The average Bonchev–Trinajstić information content (AvgIpc) is 3.31. The maximum atomic E-state index is 11.6. The highest BCUT2D eigenvalue weighted by Gasteiger charge is 2.51. The molecule has 0 saturated heterocycles. The van der Waals surface area contributed by atoms with Crippen molar-refractivity contribution in [3.05, 3.63) is 30.3 Å². The van der Waals surface area contributed by atoms with Crippen molar-refractivity contribution in [1.29, 1.82) is 0 Å². The molecule has 2 N–H and O–H groups in total. The molecule has 1 aromatic rings. The van der Waals surface area contributed by atoms with Gasteiger partial charge in [0.15, 0.2) is 0 Å². The molecule has 1 unspecified atom stereocenters. The van der Waals surface area contributed by atoms with Crippen LogP contribution in [-0.4, -0.2) is 43.0 Å². The van der Waals surface area contributed by atoms with E-state index in [9.17, 15) is 9.90 Å². The molecule has 116 valence electrons. The van der Waals surface area contributed by atoms with Gasteiger partial charge < -0.3 is 14.6 Å². The van der Waals surface area contributed by atoms with Crippen molar-refractivity contribution in [3.63, 3.8) is 0 Å². The fraction of sp³-hybridized carbons (Fsp3) is 0.562. The summed E-state index contributed by atoms with van der Waals surface area (Å²) in [5.74, 6) is 0.139. The minimum Gasteiger partial charge on any atom is -0.491 e. The van der Waals surface area contributed by atoms with Gasteiger partial charge in [-0.3, -0.25) is 10.1 Å². The lowest BCUT2D eigenvalue weighted by molar-refractivity contribution is -0.149. The third-order valence-electron chi connectivity index (χ3n) is 3.72. The van der Waals surface area contributed by atoms with Crippen molar-refractivity contribution in [2.45, 2.75) is 25.3 Å². The zero-order chi connectivity index (χ0) is 15.1. The number of ether oxygens (including phenoxy) is 2. The molecule has 0 heterocycles. The summed E-state index contributed by atoms with van der Waals surface area (Å²) in [6, 6.07) is 9.50. The number of benzene rings is 1. The second-order valence-corrected chi connectivity index (χ2v) is 5.30. The Morgan fingerprint density at radius 3 is 2.62 bits per heavy atom. The van der Waals surface area contributed by atoms with E-state index in [0.717, 1.165) is 18.6 Å². The normalized spacial score (nSPS) is 17.2. The summed E-state index contributed by atoms with van der Waals surface area (Å²) in [6.07, 6.45) is 1.90. The van der Waals surface area contributed by atoms with Gasteiger partial charge in [0.25, 0.3) is 0 Å². The topological polar surface area (TPSA) is 67.8 Å². The Labute approximate surface area is 125 Å². The SMILES string of the molecule is CCNC(COCCOc1ccccc1)(C(=O)O)C1CC1. The van der Waals surface area contributed by atoms with Crippen LogP contribution < -0.4 is 10.1 Å². The van der Waals surface area contributed by atoms with Crippen molar-refractivity contribution < 1.29 is 19.4 Å². The van der Waals surface area contributed by atoms with Crippen LogP contribution in [0.4, 0.5) is 0 Å². The second kappa shape index (κ2) is 7.43. The molecule has 0 amide bonds. The number of likely N-dealkylation sites (N-methyl/N-ethyl adjacent to an activating group) is 1. The number of aliphatic carboxylic acids is 1. The van der Waals surface area contributed by atoms with Crippen LogP contribution in [0.1, 0.15) is 19.8 Å². The number of nitrogens with one attached hydrogen (secondary N) is 1. The van der Waals surface area contributed by atoms with Crippen LogP contribution >= 0.6 is 0 Å². The molecule has 0 aliphatic heterocycles. The molecule has 1 atom stereocenters. The third-order valence-corrected chi connectivity index (χ3v) is 3.72. The van der Waals surface area contributed by atoms with Crippen molar-refractivity contribution >= 4 is 5.97 Å². The van der Waals surface area contributed by atoms with Gasteiger partial charge in [0.1, 0.15) is 17.9 Å². The van der Waals surface area contributed by atoms with Crippen LogP contribution in [0.25, 0.3) is 0 Å². The second-order valence-electron chi connectivity index (χ2n) is 5.30. The molecular weight excluding hydrogens is 270 g/mol. The Bertz CT molecular complexity index is 447. The number of para-hydroxylation sites is 1. The van der Waals surface area contributed by atoms with Crippen LogP contribution in [0.5, 0.6) is 5.75 Å². The fourth-order valence-corrected chi connectivity index (χ4v) is 2.49. The first-order valence-electron chi connectivity index (χ1n) is 7.43. The predicted molar refractivity (Wildman–Crippen MR) is 79.5 cm³/mol. The van der Waals surface area contributed by atoms with Gasteiger partial charge in [0.05, 0.1) is 13.2 Å². The summed E-state index contributed by atoms with van der Waals surface area (Å²) in [5, 5.41) is 12.6. The van der Waals surface area contributed by atoms with Crippen molar-refractivity contribution in [2.24, 2.45) is 5.92 Å². The van der Waals surface area contributed by atoms with Crippen LogP contribution in [0.3, 0.4) is 0 Å². The van der Waals surface area contributed by atoms with Crippen LogP contribution in [0.2, 0.25) is 0 Å². The number of carboxylic acid groups (broad SMARTS) is 1. The molecule has 1 fully saturated rings. The number of hydrogen-bond donors (Lipinski definition) is 2. The number of rotatable bonds is 10. The molecule has 1 saturated carbocycles. The molecule has 21 heavy (non-hydrogen) atoms. The molecule has 0 radical (unpaired) electrons. The predicted octanol–water partition coefficient (Wildman–Crippen LogP) is 1.92. The standard InChI is InChI=1S/C16H23NO4/c1-2-17-16(15(18)19,13-8-9-13)12-20-10-11-21-14-6-4-3-5-7-14/h3-7,13,17H,2,8-12H2,1H3,(H,18,19). The molecule has 1 aromatic carbocycles. The van der Waals surface area contributed by atoms with Crippen molar-refractivity contribution in [1.82, 2.24) is 5.32 Å². The van der Waals surface area contributed by atoms with Gasteiger partial charge in [-0.05, 0) is 37.4 Å². The Morgan fingerprint density at radius 1 is 1.33 bits per heavy atom. The third kappa shape index (κ3) is 4.19. The number of carboxylic acids is 1. The van der Waals surface area contributed by atoms with E-state index in [1.165, 1.54) is 0 Å². The summed E-state index contributed by atoms with van der Waals surface area (Å²) in [7, 11) is 0. The molecule has 0 bridgehead atoms. The Kier molecular flexibility index (Phi) is 5.59. The Hall–Kier alpha value is -1.59. The van der Waals surface area contributed by atoms with Crippen LogP contribution in [-0.2, 0) is 9.53 Å². The summed E-state index contributed by atoms with van der Waals surface area (Å²) in [6.45, 7) is 3.50. The highest BCUT2D eigenvalue weighted by atomic mass is 16.5. The first-order valence-corrected chi connectivity index (χ1v) is 7.43. The lowest BCUT2D eigenvalue weighted by Gasteiger charge is -2.30. The van der Waals surface area contributed by atoms with Crippen molar-refractivity contribution in [3.8, 4) is 5.75 Å². The van der Waals surface area contributed by atoms with Gasteiger partial charge in [-0.15, -0.1) is 0 Å². The minimum absolute atomic E-state index is 0.171. The van der Waals surface area contributed by atoms with E-state index < -0.39 is 11.5 Å². The van der Waals surface area contributed by atoms with E-state index in [0.29, 0.717) is 19.8 Å². The highest BCUT2D eigenvalue weighted by Crippen LogP contribution is 2.40. The molecule has 0 aromatic heterocycles. The highest BCUT2D eigenvalue weighted by molar-refractivity contribution is 5.80. The lowest BCUT2D eigenvalue weighted by Crippen LogP contribution is -2.57. The largest absolute Gasteiger partial charge is 0.491 e. The van der Waals surface area contributed by atoms with Crippen LogP contribution in [0.15, 0.2) is 30.3 Å². The maximum absolute atomic E-state index is 11.6. The maximum Gasteiger partial charge on any atom is 0.326 e. The number of carbonyl (C=O) groups is 1. The van der Waals surface area contributed by atoms with E-state index in [1.54, 1.807) is 0 Å². The van der Waals surface area contributed by atoms with Gasteiger partial charge in [-0.2, -0.15) is 0 Å². The molecule has 5 nitrogen and oxygen atoms in total. The molecule has 2 rings (SSSR count). The summed E-state index contributed by atoms with van der Waals surface area (Å²) >= 11 is 0. The Morgan fingerprint density at radius 2 is 2.05 bits per heavy atom. The van der Waals surface area contributed by atoms with Crippen molar-refractivity contribution in [2.75, 3.05) is 26.4 Å². The smallest absolute Gasteiger partial charge is 0.326 e. The fourth-order valence-electron chi connectivity index (χ4n) is 2.49. The molecule has 1 aliphatic carbocycles. The van der Waals surface area contributed by atoms with Gasteiger partial charge in [-0.25, -0.2) is 0 Å².